The van der Waals surface area contributed by atoms with Crippen LogP contribution < -0.4 is 5.32 Å². The van der Waals surface area contributed by atoms with E-state index in [0.717, 1.165) is 10.9 Å². The van der Waals surface area contributed by atoms with Crippen LogP contribution in [0.4, 0.5) is 5.69 Å². The van der Waals surface area contributed by atoms with Gasteiger partial charge in [0.2, 0.25) is 0 Å². The summed E-state index contributed by atoms with van der Waals surface area (Å²) in [5.74, 6) is 0.875. The molecule has 0 bridgehead atoms. The maximum Gasteiger partial charge on any atom is 0.0410 e. The van der Waals surface area contributed by atoms with Gasteiger partial charge < -0.3 is 5.32 Å². The Morgan fingerprint density at radius 1 is 1.12 bits per heavy atom. The molecule has 2 aliphatic rings. The van der Waals surface area contributed by atoms with E-state index in [4.69, 9.17) is 11.6 Å². The number of hydrogen-bond acceptors (Lipinski definition) is 1. The maximum absolute atomic E-state index is 6.03. The lowest BCUT2D eigenvalue weighted by Gasteiger charge is -2.27. The van der Waals surface area contributed by atoms with Crippen molar-refractivity contribution in [2.24, 2.45) is 5.92 Å². The van der Waals surface area contributed by atoms with E-state index in [2.05, 4.69) is 17.4 Å². The Labute approximate surface area is 102 Å². The number of rotatable bonds is 1. The molecular weight excluding hydrogens is 218 g/mol. The van der Waals surface area contributed by atoms with Crippen LogP contribution in [-0.2, 0) is 6.42 Å². The van der Waals surface area contributed by atoms with Crippen molar-refractivity contribution in [3.8, 4) is 0 Å². The highest BCUT2D eigenvalue weighted by Crippen LogP contribution is 2.36. The zero-order chi connectivity index (χ0) is 11.0. The summed E-state index contributed by atoms with van der Waals surface area (Å²) in [4.78, 5) is 0. The Kier molecular flexibility index (Phi) is 2.81. The molecule has 1 fully saturated rings. The zero-order valence-electron chi connectivity index (χ0n) is 9.51. The van der Waals surface area contributed by atoms with Gasteiger partial charge in [0.15, 0.2) is 0 Å². The average Bonchev–Trinajstić information content (AvgIpc) is 2.73. The van der Waals surface area contributed by atoms with Crippen molar-refractivity contribution in [2.75, 3.05) is 5.32 Å². The first-order valence-corrected chi connectivity index (χ1v) is 6.76. The SMILES string of the molecule is Clc1ccc2c(c1)CC(C1CCCCC1)N2. The summed E-state index contributed by atoms with van der Waals surface area (Å²) < 4.78 is 0. The third-order valence-electron chi connectivity index (χ3n) is 4.07. The number of fused-ring (bicyclic) bond motifs is 1. The van der Waals surface area contributed by atoms with Crippen molar-refractivity contribution in [3.05, 3.63) is 28.8 Å². The molecule has 1 saturated carbocycles. The fourth-order valence-electron chi connectivity index (χ4n) is 3.18. The number of nitrogens with one attached hydrogen (secondary N) is 1. The number of hydrogen-bond donors (Lipinski definition) is 1. The molecule has 2 heteroatoms. The predicted molar refractivity (Wildman–Crippen MR) is 69.1 cm³/mol. The van der Waals surface area contributed by atoms with Crippen LogP contribution in [0.2, 0.25) is 5.02 Å². The van der Waals surface area contributed by atoms with Crippen LogP contribution in [-0.4, -0.2) is 6.04 Å². The minimum atomic E-state index is 0.661. The van der Waals surface area contributed by atoms with Gasteiger partial charge in [-0.15, -0.1) is 0 Å². The average molecular weight is 236 g/mol. The summed E-state index contributed by atoms with van der Waals surface area (Å²) in [7, 11) is 0. The Bertz CT molecular complexity index is 382. The van der Waals surface area contributed by atoms with Gasteiger partial charge in [0.1, 0.15) is 0 Å². The molecule has 1 unspecified atom stereocenters. The van der Waals surface area contributed by atoms with E-state index in [1.54, 1.807) is 0 Å². The molecule has 1 aliphatic carbocycles. The molecule has 1 aromatic carbocycles. The molecule has 1 N–H and O–H groups in total. The van der Waals surface area contributed by atoms with Crippen molar-refractivity contribution in [2.45, 2.75) is 44.6 Å². The van der Waals surface area contributed by atoms with Crippen LogP contribution in [0.1, 0.15) is 37.7 Å². The quantitative estimate of drug-likeness (QED) is 0.767. The Hall–Kier alpha value is -0.690. The highest BCUT2D eigenvalue weighted by molar-refractivity contribution is 6.30. The van der Waals surface area contributed by atoms with Crippen LogP contribution in [0, 0.1) is 5.92 Å². The van der Waals surface area contributed by atoms with E-state index in [-0.39, 0.29) is 0 Å². The molecule has 86 valence electrons. The first-order chi connectivity index (χ1) is 7.83. The van der Waals surface area contributed by atoms with Crippen molar-refractivity contribution < 1.29 is 0 Å². The van der Waals surface area contributed by atoms with Gasteiger partial charge in [-0.3, -0.25) is 0 Å². The Morgan fingerprint density at radius 3 is 2.75 bits per heavy atom. The molecule has 0 amide bonds. The van der Waals surface area contributed by atoms with Crippen molar-refractivity contribution in [1.29, 1.82) is 0 Å². The van der Waals surface area contributed by atoms with E-state index in [1.165, 1.54) is 49.8 Å². The summed E-state index contributed by atoms with van der Waals surface area (Å²) in [6, 6.07) is 6.89. The van der Waals surface area contributed by atoms with Crippen LogP contribution in [0.3, 0.4) is 0 Å². The Morgan fingerprint density at radius 2 is 1.94 bits per heavy atom. The van der Waals surface area contributed by atoms with Gasteiger partial charge in [-0.25, -0.2) is 0 Å². The minimum absolute atomic E-state index is 0.661. The van der Waals surface area contributed by atoms with Gasteiger partial charge in [-0.2, -0.15) is 0 Å². The normalized spacial score (nSPS) is 25.2. The van der Waals surface area contributed by atoms with E-state index >= 15 is 0 Å². The first-order valence-electron chi connectivity index (χ1n) is 6.38. The molecule has 1 aromatic rings. The molecular formula is C14H18ClN. The van der Waals surface area contributed by atoms with Gasteiger partial charge in [-0.05, 0) is 48.9 Å². The van der Waals surface area contributed by atoms with Gasteiger partial charge >= 0.3 is 0 Å². The third-order valence-corrected chi connectivity index (χ3v) is 4.30. The van der Waals surface area contributed by atoms with E-state index in [9.17, 15) is 0 Å². The fourth-order valence-corrected chi connectivity index (χ4v) is 3.38. The van der Waals surface area contributed by atoms with Crippen molar-refractivity contribution in [3.63, 3.8) is 0 Å². The lowest BCUT2D eigenvalue weighted by atomic mass is 9.83. The van der Waals surface area contributed by atoms with Crippen LogP contribution in [0.5, 0.6) is 0 Å². The second-order valence-corrected chi connectivity index (χ2v) is 5.59. The molecule has 1 atom stereocenters. The van der Waals surface area contributed by atoms with Crippen molar-refractivity contribution in [1.82, 2.24) is 0 Å². The summed E-state index contributed by atoms with van der Waals surface area (Å²) in [6.45, 7) is 0. The van der Waals surface area contributed by atoms with E-state index < -0.39 is 0 Å². The molecule has 16 heavy (non-hydrogen) atoms. The molecule has 1 aliphatic heterocycles. The van der Waals surface area contributed by atoms with Crippen LogP contribution in [0.25, 0.3) is 0 Å². The molecule has 3 rings (SSSR count). The Balaban J connectivity index is 1.74. The first kappa shape index (κ1) is 10.5. The van der Waals surface area contributed by atoms with Gasteiger partial charge in [0.25, 0.3) is 0 Å². The fraction of sp³-hybridized carbons (Fsp3) is 0.571. The van der Waals surface area contributed by atoms with E-state index in [1.807, 2.05) is 6.07 Å². The topological polar surface area (TPSA) is 12.0 Å². The van der Waals surface area contributed by atoms with Gasteiger partial charge in [0.05, 0.1) is 0 Å². The van der Waals surface area contributed by atoms with Gasteiger partial charge in [-0.1, -0.05) is 30.9 Å². The smallest absolute Gasteiger partial charge is 0.0410 e. The molecule has 0 spiro atoms. The van der Waals surface area contributed by atoms with E-state index in [0.29, 0.717) is 6.04 Å². The molecule has 0 radical (unpaired) electrons. The summed E-state index contributed by atoms with van der Waals surface area (Å²) in [5.41, 5.74) is 2.71. The zero-order valence-corrected chi connectivity index (χ0v) is 10.3. The maximum atomic E-state index is 6.03. The third kappa shape index (κ3) is 1.93. The monoisotopic (exact) mass is 235 g/mol. The second kappa shape index (κ2) is 4.29. The second-order valence-electron chi connectivity index (χ2n) is 5.15. The largest absolute Gasteiger partial charge is 0.381 e. The number of benzene rings is 1. The number of halogens is 1. The highest BCUT2D eigenvalue weighted by Gasteiger charge is 2.28. The lowest BCUT2D eigenvalue weighted by molar-refractivity contribution is 0.321. The molecule has 1 nitrogen and oxygen atoms in total. The number of anilines is 1. The summed E-state index contributed by atoms with van der Waals surface area (Å²) in [5, 5.41) is 4.54. The van der Waals surface area contributed by atoms with Crippen molar-refractivity contribution >= 4 is 17.3 Å². The molecule has 0 saturated heterocycles. The summed E-state index contributed by atoms with van der Waals surface area (Å²) in [6.07, 6.45) is 8.24. The minimum Gasteiger partial charge on any atom is -0.381 e. The lowest BCUT2D eigenvalue weighted by Crippen LogP contribution is -2.28. The highest BCUT2D eigenvalue weighted by atomic mass is 35.5. The standard InChI is InChI=1S/C14H18ClN/c15-12-6-7-13-11(8-12)9-14(16-13)10-4-2-1-3-5-10/h6-8,10,14,16H,1-5,9H2. The van der Waals surface area contributed by atoms with Gasteiger partial charge in [0, 0.05) is 16.8 Å². The van der Waals surface area contributed by atoms with Crippen LogP contribution in [0.15, 0.2) is 18.2 Å². The predicted octanol–water partition coefficient (Wildman–Crippen LogP) is 4.26. The van der Waals surface area contributed by atoms with Crippen LogP contribution >= 0.6 is 11.6 Å². The summed E-state index contributed by atoms with van der Waals surface area (Å²) >= 11 is 6.03. The molecule has 0 aromatic heterocycles. The molecule has 1 heterocycles.